The minimum atomic E-state index is -0.850. The molecule has 0 aliphatic rings. The highest BCUT2D eigenvalue weighted by Crippen LogP contribution is 2.27. The summed E-state index contributed by atoms with van der Waals surface area (Å²) in [4.78, 5) is 26.2. The fourth-order valence-corrected chi connectivity index (χ4v) is 3.76. The molecule has 12 nitrogen and oxygen atoms in total. The number of hydrogen-bond donors (Lipinski definition) is 0. The van der Waals surface area contributed by atoms with Gasteiger partial charge >= 0.3 is 11.9 Å². The molecule has 0 saturated carbocycles. The zero-order valence-electron chi connectivity index (χ0n) is 27.2. The van der Waals surface area contributed by atoms with Gasteiger partial charge in [-0.2, -0.15) is 0 Å². The number of carbonyl (C=O) groups excluding carboxylic acids is 2. The lowest BCUT2D eigenvalue weighted by Crippen LogP contribution is -2.22. The van der Waals surface area contributed by atoms with Gasteiger partial charge in [0, 0.05) is 14.2 Å². The average molecular weight is 647 g/mol. The van der Waals surface area contributed by atoms with Crippen LogP contribution in [0.2, 0.25) is 0 Å². The van der Waals surface area contributed by atoms with Gasteiger partial charge in [0.15, 0.2) is 0 Å². The molecule has 0 bridgehead atoms. The monoisotopic (exact) mass is 646 g/mol. The van der Waals surface area contributed by atoms with E-state index in [1.807, 2.05) is 48.5 Å². The van der Waals surface area contributed by atoms with E-state index < -0.39 is 11.9 Å². The highest BCUT2D eigenvalue weighted by atomic mass is 16.6. The van der Waals surface area contributed by atoms with Crippen LogP contribution >= 0.6 is 0 Å². The molecule has 0 atom stereocenters. The van der Waals surface area contributed by atoms with Crippen molar-refractivity contribution in [3.05, 3.63) is 77.4 Å². The molecule has 0 N–H and O–H groups in total. The number of allylic oxidation sites excluding steroid dienone is 2. The van der Waals surface area contributed by atoms with E-state index in [0.717, 1.165) is 16.7 Å². The molecule has 0 saturated heterocycles. The molecular weight excluding hydrogens is 600 g/mol. The van der Waals surface area contributed by atoms with Crippen molar-refractivity contribution in [2.24, 2.45) is 0 Å². The minimum absolute atomic E-state index is 0.0682. The van der Waals surface area contributed by atoms with Crippen molar-refractivity contribution < 1.29 is 57.0 Å². The number of methoxy groups -OCH3 is 4. The van der Waals surface area contributed by atoms with Crippen molar-refractivity contribution in [3.8, 4) is 11.5 Å². The van der Waals surface area contributed by atoms with Gasteiger partial charge in [-0.1, -0.05) is 30.3 Å². The second-order valence-electron chi connectivity index (χ2n) is 9.32. The fourth-order valence-electron chi connectivity index (χ4n) is 3.76. The summed E-state index contributed by atoms with van der Waals surface area (Å²) in [6.07, 6.45) is 3.06. The summed E-state index contributed by atoms with van der Waals surface area (Å²) in [7, 11) is 6.37. The normalized spacial score (nSPS) is 10.6. The Kier molecular flexibility index (Phi) is 20.4. The Bertz CT molecular complexity index is 1090. The first-order chi connectivity index (χ1) is 22.5. The standard InChI is InChI=1S/C34H46O12/c1-37-15-17-41-19-21-43-23-25-45-33(35)32(34(36)46-26-24-44-22-20-42-18-16-38-2)14-13-31(27-5-9-29(39-3)10-6-27)28-7-11-30(40-4)12-8-28/h5-14H,15-26H2,1-4H3. The smallest absolute Gasteiger partial charge is 0.345 e. The van der Waals surface area contributed by atoms with E-state index in [2.05, 4.69) is 0 Å². The zero-order valence-corrected chi connectivity index (χ0v) is 27.2. The lowest BCUT2D eigenvalue weighted by molar-refractivity contribution is -0.148. The maximum Gasteiger partial charge on any atom is 0.345 e. The van der Waals surface area contributed by atoms with Gasteiger partial charge in [0.1, 0.15) is 30.3 Å². The quantitative estimate of drug-likeness (QED) is 0.0391. The fraction of sp³-hybridized carbons (Fsp3) is 0.471. The van der Waals surface area contributed by atoms with Crippen molar-refractivity contribution in [2.45, 2.75) is 0 Å². The zero-order chi connectivity index (χ0) is 33.2. The van der Waals surface area contributed by atoms with E-state index in [9.17, 15) is 9.59 Å². The lowest BCUT2D eigenvalue weighted by Gasteiger charge is -2.12. The van der Waals surface area contributed by atoms with E-state index in [1.165, 1.54) is 6.08 Å². The molecule has 0 amide bonds. The van der Waals surface area contributed by atoms with Gasteiger partial charge in [-0.3, -0.25) is 0 Å². The van der Waals surface area contributed by atoms with Gasteiger partial charge in [0.05, 0.1) is 80.3 Å². The Morgan fingerprint density at radius 3 is 1.17 bits per heavy atom. The first-order valence-electron chi connectivity index (χ1n) is 14.9. The third-order valence-corrected chi connectivity index (χ3v) is 6.19. The molecule has 0 unspecified atom stereocenters. The van der Waals surface area contributed by atoms with Crippen LogP contribution in [-0.2, 0) is 47.5 Å². The van der Waals surface area contributed by atoms with E-state index in [-0.39, 0.29) is 32.0 Å². The van der Waals surface area contributed by atoms with Crippen LogP contribution in [0.25, 0.3) is 5.57 Å². The van der Waals surface area contributed by atoms with E-state index in [1.54, 1.807) is 34.5 Å². The molecule has 254 valence electrons. The van der Waals surface area contributed by atoms with Gasteiger partial charge in [-0.05, 0) is 47.0 Å². The van der Waals surface area contributed by atoms with Crippen molar-refractivity contribution in [1.82, 2.24) is 0 Å². The van der Waals surface area contributed by atoms with Crippen LogP contribution in [0.4, 0.5) is 0 Å². The molecule has 0 spiro atoms. The number of rotatable bonds is 25. The Labute approximate surface area is 271 Å². The summed E-state index contributed by atoms with van der Waals surface area (Å²) >= 11 is 0. The van der Waals surface area contributed by atoms with Crippen molar-refractivity contribution in [1.29, 1.82) is 0 Å². The summed E-state index contributed by atoms with van der Waals surface area (Å²) in [5.41, 5.74) is 2.10. The number of hydrogen-bond acceptors (Lipinski definition) is 12. The predicted molar refractivity (Wildman–Crippen MR) is 170 cm³/mol. The topological polar surface area (TPSA) is 126 Å². The van der Waals surface area contributed by atoms with Crippen molar-refractivity contribution in [2.75, 3.05) is 108 Å². The number of benzene rings is 2. The molecule has 0 aliphatic heterocycles. The van der Waals surface area contributed by atoms with Gasteiger partial charge < -0.3 is 47.4 Å². The summed E-state index contributed by atoms with van der Waals surface area (Å²) in [5.74, 6) is -0.322. The van der Waals surface area contributed by atoms with Gasteiger partial charge in [-0.15, -0.1) is 0 Å². The molecule has 12 heteroatoms. The van der Waals surface area contributed by atoms with Crippen molar-refractivity contribution >= 4 is 17.5 Å². The lowest BCUT2D eigenvalue weighted by atomic mass is 9.96. The number of esters is 2. The van der Waals surface area contributed by atoms with Crippen molar-refractivity contribution in [3.63, 3.8) is 0 Å². The molecule has 2 aromatic rings. The Balaban J connectivity index is 2.16. The van der Waals surface area contributed by atoms with Gasteiger partial charge in [0.25, 0.3) is 0 Å². The van der Waals surface area contributed by atoms with Crippen LogP contribution in [0.3, 0.4) is 0 Å². The maximum absolute atomic E-state index is 13.1. The van der Waals surface area contributed by atoms with Gasteiger partial charge in [0.2, 0.25) is 0 Å². The molecule has 2 rings (SSSR count). The summed E-state index contributed by atoms with van der Waals surface area (Å²) in [5, 5.41) is 0. The third-order valence-electron chi connectivity index (χ3n) is 6.19. The van der Waals surface area contributed by atoms with Gasteiger partial charge in [-0.25, -0.2) is 9.59 Å². The van der Waals surface area contributed by atoms with Crippen LogP contribution in [0.15, 0.2) is 66.3 Å². The molecule has 0 heterocycles. The molecule has 0 aliphatic carbocycles. The van der Waals surface area contributed by atoms with E-state index in [0.29, 0.717) is 64.4 Å². The third kappa shape index (κ3) is 15.5. The average Bonchev–Trinajstić information content (AvgIpc) is 3.08. The SMILES string of the molecule is COCCOCCOCCOC(=O)C(=CC=C(c1ccc(OC)cc1)c1ccc(OC)cc1)C(=O)OCCOCCOCCOC. The van der Waals surface area contributed by atoms with Crippen LogP contribution in [0.5, 0.6) is 11.5 Å². The Morgan fingerprint density at radius 1 is 0.478 bits per heavy atom. The summed E-state index contributed by atoms with van der Waals surface area (Å²) in [6.45, 7) is 3.40. The number of ether oxygens (including phenoxy) is 10. The molecule has 0 aromatic heterocycles. The maximum atomic E-state index is 13.1. The Hall–Kier alpha value is -3.78. The molecule has 0 fully saturated rings. The van der Waals surface area contributed by atoms with E-state index >= 15 is 0 Å². The minimum Gasteiger partial charge on any atom is -0.497 e. The second-order valence-corrected chi connectivity index (χ2v) is 9.32. The predicted octanol–water partition coefficient (Wildman–Crippen LogP) is 3.51. The van der Waals surface area contributed by atoms with Crippen LogP contribution in [0.1, 0.15) is 11.1 Å². The Morgan fingerprint density at radius 2 is 0.826 bits per heavy atom. The highest BCUT2D eigenvalue weighted by Gasteiger charge is 2.21. The summed E-state index contributed by atoms with van der Waals surface area (Å²) in [6, 6.07) is 14.8. The van der Waals surface area contributed by atoms with Crippen LogP contribution in [0, 0.1) is 0 Å². The van der Waals surface area contributed by atoms with E-state index in [4.69, 9.17) is 47.4 Å². The molecule has 2 aromatic carbocycles. The summed E-state index contributed by atoms with van der Waals surface area (Å²) < 4.78 is 52.7. The first-order valence-corrected chi connectivity index (χ1v) is 14.9. The first kappa shape index (κ1) is 38.4. The highest BCUT2D eigenvalue weighted by molar-refractivity contribution is 6.14. The molecular formula is C34H46O12. The van der Waals surface area contributed by atoms with Crippen LogP contribution in [-0.4, -0.2) is 120 Å². The molecule has 46 heavy (non-hydrogen) atoms. The second kappa shape index (κ2) is 24.5. The van der Waals surface area contributed by atoms with Crippen LogP contribution < -0.4 is 9.47 Å². The number of carbonyl (C=O) groups is 2. The largest absolute Gasteiger partial charge is 0.497 e. The molecule has 0 radical (unpaired) electrons.